The monoisotopic (exact) mass is 352 g/mol. The number of hydrogen-bond donors (Lipinski definition) is 0. The summed E-state index contributed by atoms with van der Waals surface area (Å²) in [6.07, 6.45) is 4.78. The molecule has 1 aromatic rings. The van der Waals surface area contributed by atoms with Gasteiger partial charge in [-0.25, -0.2) is 0 Å². The van der Waals surface area contributed by atoms with Gasteiger partial charge in [-0.1, -0.05) is 34.8 Å². The number of carbonyl (C=O) groups is 1. The van der Waals surface area contributed by atoms with Crippen molar-refractivity contribution >= 4 is 21.8 Å². The van der Waals surface area contributed by atoms with Crippen molar-refractivity contribution in [2.45, 2.75) is 38.6 Å². The van der Waals surface area contributed by atoms with Crippen LogP contribution in [0.3, 0.4) is 0 Å². The number of carbonyl (C=O) groups excluding carboxylic acids is 1. The molecule has 1 aromatic carbocycles. The molecule has 1 amide bonds. The van der Waals surface area contributed by atoms with E-state index in [1.807, 2.05) is 25.1 Å². The summed E-state index contributed by atoms with van der Waals surface area (Å²) in [5.74, 6) is 0.183. The number of halogens is 1. The Labute approximate surface area is 136 Å². The Hall–Kier alpha value is -0.870. The molecule has 0 aromatic heterocycles. The molecule has 0 atom stereocenters. The summed E-state index contributed by atoms with van der Waals surface area (Å²) in [5.41, 5.74) is 1.88. The summed E-state index contributed by atoms with van der Waals surface area (Å²) >= 11 is 3.48. The fraction of sp³-hybridized carbons (Fsp3) is 0.588. The third-order valence-electron chi connectivity index (χ3n) is 4.24. The van der Waals surface area contributed by atoms with Crippen LogP contribution in [0.25, 0.3) is 0 Å². The largest absolute Gasteiger partial charge is 0.334 e. The van der Waals surface area contributed by atoms with Crippen LogP contribution < -0.4 is 0 Å². The highest BCUT2D eigenvalue weighted by Crippen LogP contribution is 2.26. The zero-order valence-corrected chi connectivity index (χ0v) is 14.8. The molecule has 0 heterocycles. The highest BCUT2D eigenvalue weighted by molar-refractivity contribution is 9.10. The number of likely N-dealkylation sites (N-methyl/N-ethyl adjacent to an activating group) is 1. The lowest BCUT2D eigenvalue weighted by Gasteiger charge is -2.31. The Bertz CT molecular complexity index is 496. The van der Waals surface area contributed by atoms with Gasteiger partial charge in [-0.15, -0.1) is 0 Å². The third kappa shape index (κ3) is 4.30. The second-order valence-electron chi connectivity index (χ2n) is 6.20. The van der Waals surface area contributed by atoms with Gasteiger partial charge < -0.3 is 9.80 Å². The minimum absolute atomic E-state index is 0.183. The predicted octanol–water partition coefficient (Wildman–Crippen LogP) is 3.70. The van der Waals surface area contributed by atoms with E-state index in [0.29, 0.717) is 6.04 Å². The van der Waals surface area contributed by atoms with Gasteiger partial charge in [0.05, 0.1) is 0 Å². The highest BCUT2D eigenvalue weighted by Gasteiger charge is 2.28. The molecule has 0 spiro atoms. The van der Waals surface area contributed by atoms with E-state index >= 15 is 0 Å². The Morgan fingerprint density at radius 2 is 1.90 bits per heavy atom. The van der Waals surface area contributed by atoms with Crippen molar-refractivity contribution in [3.8, 4) is 0 Å². The first-order valence-corrected chi connectivity index (χ1v) is 8.50. The maximum Gasteiger partial charge on any atom is 0.254 e. The fourth-order valence-corrected chi connectivity index (χ4v) is 3.31. The lowest BCUT2D eigenvalue weighted by atomic mass is 10.1. The van der Waals surface area contributed by atoms with Crippen LogP contribution in [0.2, 0.25) is 0 Å². The van der Waals surface area contributed by atoms with Crippen molar-refractivity contribution in [2.24, 2.45) is 0 Å². The SMILES string of the molecule is Cc1ccc(Br)cc1C(=O)N(CCN(C)C)C1CCCC1. The van der Waals surface area contributed by atoms with E-state index in [0.717, 1.165) is 41.5 Å². The number of benzene rings is 1. The van der Waals surface area contributed by atoms with Gasteiger partial charge in [0.25, 0.3) is 5.91 Å². The fourth-order valence-electron chi connectivity index (χ4n) is 2.95. The molecule has 2 rings (SSSR count). The Morgan fingerprint density at radius 3 is 2.52 bits per heavy atom. The van der Waals surface area contributed by atoms with E-state index in [9.17, 15) is 4.79 Å². The smallest absolute Gasteiger partial charge is 0.254 e. The average molecular weight is 353 g/mol. The van der Waals surface area contributed by atoms with Crippen LogP contribution in [-0.4, -0.2) is 48.9 Å². The van der Waals surface area contributed by atoms with E-state index in [2.05, 4.69) is 39.8 Å². The second-order valence-corrected chi connectivity index (χ2v) is 7.12. The number of rotatable bonds is 5. The molecular weight excluding hydrogens is 328 g/mol. The maximum atomic E-state index is 13.0. The van der Waals surface area contributed by atoms with Gasteiger partial charge >= 0.3 is 0 Å². The molecule has 0 aliphatic heterocycles. The Balaban J connectivity index is 2.21. The van der Waals surface area contributed by atoms with Crippen LogP contribution >= 0.6 is 15.9 Å². The normalized spacial score (nSPS) is 15.7. The van der Waals surface area contributed by atoms with Crippen LogP contribution in [0.4, 0.5) is 0 Å². The van der Waals surface area contributed by atoms with E-state index < -0.39 is 0 Å². The maximum absolute atomic E-state index is 13.0. The first-order valence-electron chi connectivity index (χ1n) is 7.71. The molecular formula is C17H25BrN2O. The van der Waals surface area contributed by atoms with Crippen molar-refractivity contribution in [3.63, 3.8) is 0 Å². The summed E-state index contributed by atoms with van der Waals surface area (Å²) in [4.78, 5) is 17.2. The second kappa shape index (κ2) is 7.41. The van der Waals surface area contributed by atoms with Gasteiger partial charge in [-0.2, -0.15) is 0 Å². The number of amides is 1. The minimum Gasteiger partial charge on any atom is -0.334 e. The van der Waals surface area contributed by atoms with Gasteiger partial charge in [-0.05, 0) is 51.6 Å². The molecule has 0 radical (unpaired) electrons. The van der Waals surface area contributed by atoms with Crippen LogP contribution in [-0.2, 0) is 0 Å². The summed E-state index contributed by atoms with van der Waals surface area (Å²) in [6, 6.07) is 6.37. The first-order chi connectivity index (χ1) is 9.99. The zero-order chi connectivity index (χ0) is 15.4. The van der Waals surface area contributed by atoms with Crippen LogP contribution in [0.15, 0.2) is 22.7 Å². The van der Waals surface area contributed by atoms with Crippen LogP contribution in [0, 0.1) is 6.92 Å². The van der Waals surface area contributed by atoms with Crippen LogP contribution in [0.1, 0.15) is 41.6 Å². The average Bonchev–Trinajstić information content (AvgIpc) is 2.95. The lowest BCUT2D eigenvalue weighted by Crippen LogP contribution is -2.43. The molecule has 1 fully saturated rings. The summed E-state index contributed by atoms with van der Waals surface area (Å²) in [7, 11) is 4.11. The zero-order valence-electron chi connectivity index (χ0n) is 13.2. The van der Waals surface area contributed by atoms with Crippen molar-refractivity contribution < 1.29 is 4.79 Å². The molecule has 21 heavy (non-hydrogen) atoms. The van der Waals surface area contributed by atoms with E-state index in [1.165, 1.54) is 12.8 Å². The van der Waals surface area contributed by atoms with Gasteiger partial charge in [0, 0.05) is 29.2 Å². The Kier molecular flexibility index (Phi) is 5.82. The van der Waals surface area contributed by atoms with Gasteiger partial charge in [0.1, 0.15) is 0 Å². The molecule has 0 unspecified atom stereocenters. The molecule has 116 valence electrons. The number of aryl methyl sites for hydroxylation is 1. The molecule has 4 heteroatoms. The lowest BCUT2D eigenvalue weighted by molar-refractivity contribution is 0.0667. The molecule has 1 saturated carbocycles. The van der Waals surface area contributed by atoms with Gasteiger partial charge in [-0.3, -0.25) is 4.79 Å². The van der Waals surface area contributed by atoms with Crippen molar-refractivity contribution in [1.82, 2.24) is 9.80 Å². The van der Waals surface area contributed by atoms with E-state index in [1.54, 1.807) is 0 Å². The predicted molar refractivity (Wildman–Crippen MR) is 90.7 cm³/mol. The van der Waals surface area contributed by atoms with Gasteiger partial charge in [0.15, 0.2) is 0 Å². The standard InChI is InChI=1S/C17H25BrN2O/c1-13-8-9-14(18)12-16(13)17(21)20(11-10-19(2)3)15-6-4-5-7-15/h8-9,12,15H,4-7,10-11H2,1-3H3. The molecule has 3 nitrogen and oxygen atoms in total. The van der Waals surface area contributed by atoms with E-state index in [-0.39, 0.29) is 5.91 Å². The third-order valence-corrected chi connectivity index (χ3v) is 4.74. The van der Waals surface area contributed by atoms with E-state index in [4.69, 9.17) is 0 Å². The molecule has 1 aliphatic rings. The van der Waals surface area contributed by atoms with Crippen LogP contribution in [0.5, 0.6) is 0 Å². The molecule has 0 saturated heterocycles. The molecule has 0 N–H and O–H groups in total. The summed E-state index contributed by atoms with van der Waals surface area (Å²) < 4.78 is 0.968. The van der Waals surface area contributed by atoms with Crippen molar-refractivity contribution in [2.75, 3.05) is 27.2 Å². The molecule has 0 bridgehead atoms. The molecule has 1 aliphatic carbocycles. The quantitative estimate of drug-likeness (QED) is 0.806. The highest BCUT2D eigenvalue weighted by atomic mass is 79.9. The number of hydrogen-bond acceptors (Lipinski definition) is 2. The Morgan fingerprint density at radius 1 is 1.24 bits per heavy atom. The van der Waals surface area contributed by atoms with Crippen molar-refractivity contribution in [3.05, 3.63) is 33.8 Å². The topological polar surface area (TPSA) is 23.6 Å². The summed E-state index contributed by atoms with van der Waals surface area (Å²) in [6.45, 7) is 3.73. The number of nitrogens with zero attached hydrogens (tertiary/aromatic N) is 2. The summed E-state index contributed by atoms with van der Waals surface area (Å²) in [5, 5.41) is 0. The van der Waals surface area contributed by atoms with Gasteiger partial charge in [0.2, 0.25) is 0 Å². The first kappa shape index (κ1) is 16.5. The van der Waals surface area contributed by atoms with Crippen molar-refractivity contribution in [1.29, 1.82) is 0 Å². The minimum atomic E-state index is 0.183.